The second-order valence-electron chi connectivity index (χ2n) is 5.58. The molecule has 1 N–H and O–H groups in total. The van der Waals surface area contributed by atoms with Crippen molar-refractivity contribution in [1.29, 1.82) is 0 Å². The highest BCUT2D eigenvalue weighted by atomic mass is 16.5. The zero-order chi connectivity index (χ0) is 17.8. The molecular formula is C17H19N5O3. The number of anilines is 1. The molecular weight excluding hydrogens is 322 g/mol. The monoisotopic (exact) mass is 341 g/mol. The van der Waals surface area contributed by atoms with Crippen LogP contribution in [-0.2, 0) is 18.3 Å². The Labute approximate surface area is 144 Å². The van der Waals surface area contributed by atoms with Crippen molar-refractivity contribution >= 4 is 11.6 Å². The Balaban J connectivity index is 1.58. The molecule has 3 aromatic rings. The van der Waals surface area contributed by atoms with Crippen LogP contribution in [0, 0.1) is 6.92 Å². The van der Waals surface area contributed by atoms with Crippen molar-refractivity contribution in [1.82, 2.24) is 20.0 Å². The molecule has 3 rings (SSSR count). The molecule has 0 spiro atoms. The van der Waals surface area contributed by atoms with Crippen LogP contribution in [0.4, 0.5) is 5.69 Å². The van der Waals surface area contributed by atoms with Crippen LogP contribution in [-0.4, -0.2) is 33.0 Å². The number of nitrogens with zero attached hydrogens (tertiary/aromatic N) is 4. The van der Waals surface area contributed by atoms with Crippen LogP contribution in [0.3, 0.4) is 0 Å². The number of amides is 1. The van der Waals surface area contributed by atoms with Crippen LogP contribution in [0.15, 0.2) is 34.7 Å². The zero-order valence-electron chi connectivity index (χ0n) is 14.3. The van der Waals surface area contributed by atoms with Gasteiger partial charge in [-0.05, 0) is 25.1 Å². The molecule has 0 aliphatic rings. The van der Waals surface area contributed by atoms with Crippen LogP contribution in [0.1, 0.15) is 18.0 Å². The van der Waals surface area contributed by atoms with E-state index in [0.717, 1.165) is 11.4 Å². The van der Waals surface area contributed by atoms with Gasteiger partial charge in [-0.15, -0.1) is 10.2 Å². The van der Waals surface area contributed by atoms with Gasteiger partial charge in [0.1, 0.15) is 11.4 Å². The minimum absolute atomic E-state index is 0.135. The smallest absolute Gasteiger partial charge is 0.265 e. The molecule has 0 unspecified atom stereocenters. The predicted molar refractivity (Wildman–Crippen MR) is 91.2 cm³/mol. The van der Waals surface area contributed by atoms with Crippen molar-refractivity contribution in [2.75, 3.05) is 12.4 Å². The second kappa shape index (κ2) is 7.16. The van der Waals surface area contributed by atoms with Gasteiger partial charge in [0.25, 0.3) is 5.89 Å². The van der Waals surface area contributed by atoms with Gasteiger partial charge in [0, 0.05) is 31.6 Å². The number of rotatable bonds is 6. The topological polar surface area (TPSA) is 95.1 Å². The van der Waals surface area contributed by atoms with Crippen LogP contribution in [0.25, 0.3) is 11.6 Å². The highest BCUT2D eigenvalue weighted by molar-refractivity contribution is 5.90. The van der Waals surface area contributed by atoms with E-state index in [-0.39, 0.29) is 12.3 Å². The van der Waals surface area contributed by atoms with Crippen LogP contribution < -0.4 is 10.1 Å². The Bertz CT molecular complexity index is 884. The Morgan fingerprint density at radius 3 is 2.88 bits per heavy atom. The Kier molecular flexibility index (Phi) is 4.78. The van der Waals surface area contributed by atoms with Gasteiger partial charge >= 0.3 is 0 Å². The van der Waals surface area contributed by atoms with Crippen LogP contribution in [0.2, 0.25) is 0 Å². The van der Waals surface area contributed by atoms with Gasteiger partial charge in [0.05, 0.1) is 12.8 Å². The molecule has 0 saturated heterocycles. The van der Waals surface area contributed by atoms with Gasteiger partial charge < -0.3 is 14.5 Å². The molecule has 0 radical (unpaired) electrons. The first-order chi connectivity index (χ1) is 12.0. The first-order valence-electron chi connectivity index (χ1n) is 7.82. The van der Waals surface area contributed by atoms with E-state index in [1.807, 2.05) is 32.2 Å². The summed E-state index contributed by atoms with van der Waals surface area (Å²) < 4.78 is 12.4. The maximum Gasteiger partial charge on any atom is 0.265 e. The largest absolute Gasteiger partial charge is 0.497 e. The molecule has 1 aromatic carbocycles. The highest BCUT2D eigenvalue weighted by Crippen LogP contribution is 2.19. The van der Waals surface area contributed by atoms with E-state index in [9.17, 15) is 4.79 Å². The molecule has 1 amide bonds. The first kappa shape index (κ1) is 16.7. The lowest BCUT2D eigenvalue weighted by Crippen LogP contribution is -2.12. The van der Waals surface area contributed by atoms with Gasteiger partial charge in [-0.2, -0.15) is 5.10 Å². The number of benzene rings is 1. The number of aromatic nitrogens is 4. The summed E-state index contributed by atoms with van der Waals surface area (Å²) in [5.41, 5.74) is 2.30. The predicted octanol–water partition coefficient (Wildman–Crippen LogP) is 2.36. The number of carbonyl (C=O) groups excluding carboxylic acids is 1. The van der Waals surface area contributed by atoms with E-state index in [0.29, 0.717) is 29.6 Å². The van der Waals surface area contributed by atoms with Crippen molar-refractivity contribution in [2.24, 2.45) is 7.05 Å². The standard InChI is InChI=1S/C17H19N5O3/c1-11-9-14(22(2)21-11)17-20-19-16(25-17)8-7-15(23)18-12-5-4-6-13(10-12)24-3/h4-6,9-10H,7-8H2,1-3H3,(H,18,23). The second-order valence-corrected chi connectivity index (χ2v) is 5.58. The molecule has 2 aromatic heterocycles. The summed E-state index contributed by atoms with van der Waals surface area (Å²) in [5.74, 6) is 1.36. The Morgan fingerprint density at radius 1 is 1.32 bits per heavy atom. The van der Waals surface area contributed by atoms with Crippen molar-refractivity contribution in [3.8, 4) is 17.3 Å². The van der Waals surface area contributed by atoms with E-state index < -0.39 is 0 Å². The number of methoxy groups -OCH3 is 1. The normalized spacial score (nSPS) is 10.7. The van der Waals surface area contributed by atoms with E-state index >= 15 is 0 Å². The highest BCUT2D eigenvalue weighted by Gasteiger charge is 2.14. The fraction of sp³-hybridized carbons (Fsp3) is 0.294. The van der Waals surface area contributed by atoms with Gasteiger partial charge in [0.15, 0.2) is 0 Å². The summed E-state index contributed by atoms with van der Waals surface area (Å²) in [7, 11) is 3.39. The first-order valence-corrected chi connectivity index (χ1v) is 7.82. The van der Waals surface area contributed by atoms with Gasteiger partial charge in [-0.3, -0.25) is 9.48 Å². The lowest BCUT2D eigenvalue weighted by atomic mass is 10.2. The zero-order valence-corrected chi connectivity index (χ0v) is 14.3. The molecule has 25 heavy (non-hydrogen) atoms. The molecule has 0 aliphatic carbocycles. The molecule has 0 atom stereocenters. The lowest BCUT2D eigenvalue weighted by molar-refractivity contribution is -0.116. The van der Waals surface area contributed by atoms with Gasteiger partial charge in [-0.25, -0.2) is 0 Å². The summed E-state index contributed by atoms with van der Waals surface area (Å²) in [6.45, 7) is 1.89. The van der Waals surface area contributed by atoms with E-state index in [1.54, 1.807) is 23.9 Å². The summed E-state index contributed by atoms with van der Waals surface area (Å²) in [6.07, 6.45) is 0.600. The fourth-order valence-electron chi connectivity index (χ4n) is 2.41. The van der Waals surface area contributed by atoms with Crippen LogP contribution in [0.5, 0.6) is 5.75 Å². The number of ether oxygens (including phenoxy) is 1. The quantitative estimate of drug-likeness (QED) is 0.739. The minimum atomic E-state index is -0.135. The van der Waals surface area contributed by atoms with Gasteiger partial charge in [-0.1, -0.05) is 6.07 Å². The van der Waals surface area contributed by atoms with Crippen LogP contribution >= 0.6 is 0 Å². The lowest BCUT2D eigenvalue weighted by Gasteiger charge is -2.06. The molecule has 2 heterocycles. The fourth-order valence-corrected chi connectivity index (χ4v) is 2.41. The van der Waals surface area contributed by atoms with E-state index in [2.05, 4.69) is 20.6 Å². The van der Waals surface area contributed by atoms with Crippen molar-refractivity contribution < 1.29 is 13.9 Å². The summed E-state index contributed by atoms with van der Waals surface area (Å²) in [5, 5.41) is 15.1. The van der Waals surface area contributed by atoms with Crippen molar-refractivity contribution in [3.05, 3.63) is 41.9 Å². The van der Waals surface area contributed by atoms with Gasteiger partial charge in [0.2, 0.25) is 11.8 Å². The maximum absolute atomic E-state index is 12.1. The third-order valence-corrected chi connectivity index (χ3v) is 3.61. The molecule has 8 nitrogen and oxygen atoms in total. The Hall–Kier alpha value is -3.16. The number of aryl methyl sites for hydroxylation is 3. The maximum atomic E-state index is 12.1. The molecule has 130 valence electrons. The summed E-state index contributed by atoms with van der Waals surface area (Å²) >= 11 is 0. The summed E-state index contributed by atoms with van der Waals surface area (Å²) in [6, 6.07) is 9.06. The number of hydrogen-bond acceptors (Lipinski definition) is 6. The average molecular weight is 341 g/mol. The molecule has 0 aliphatic heterocycles. The molecule has 0 fully saturated rings. The summed E-state index contributed by atoms with van der Waals surface area (Å²) in [4.78, 5) is 12.1. The van der Waals surface area contributed by atoms with E-state index in [1.165, 1.54) is 0 Å². The third-order valence-electron chi connectivity index (χ3n) is 3.61. The number of hydrogen-bond donors (Lipinski definition) is 1. The molecule has 0 saturated carbocycles. The van der Waals surface area contributed by atoms with E-state index in [4.69, 9.17) is 9.15 Å². The van der Waals surface area contributed by atoms with Crippen molar-refractivity contribution in [2.45, 2.75) is 19.8 Å². The SMILES string of the molecule is COc1cccc(NC(=O)CCc2nnc(-c3cc(C)nn3C)o2)c1. The average Bonchev–Trinajstić information content (AvgIpc) is 3.19. The third kappa shape index (κ3) is 4.03. The minimum Gasteiger partial charge on any atom is -0.497 e. The Morgan fingerprint density at radius 2 is 2.16 bits per heavy atom. The number of nitrogens with one attached hydrogen (secondary N) is 1. The molecule has 8 heteroatoms. The molecule has 0 bridgehead atoms. The van der Waals surface area contributed by atoms with Crippen molar-refractivity contribution in [3.63, 3.8) is 0 Å². The number of carbonyl (C=O) groups is 1.